The van der Waals surface area contributed by atoms with E-state index in [1.807, 2.05) is 6.92 Å². The third-order valence-electron chi connectivity index (χ3n) is 3.73. The summed E-state index contributed by atoms with van der Waals surface area (Å²) >= 11 is 0. The fourth-order valence-corrected chi connectivity index (χ4v) is 2.68. The Kier molecular flexibility index (Phi) is 4.14. The van der Waals surface area contributed by atoms with Crippen LogP contribution in [0.4, 0.5) is 0 Å². The number of H-pyrrole nitrogens is 1. The second-order valence-corrected chi connectivity index (χ2v) is 5.47. The lowest BCUT2D eigenvalue weighted by molar-refractivity contribution is -0.139. The molecule has 3 rings (SSSR count). The van der Waals surface area contributed by atoms with Crippen molar-refractivity contribution in [1.29, 1.82) is 0 Å². The monoisotopic (exact) mass is 318 g/mol. The number of aliphatic carboxylic acids is 1. The van der Waals surface area contributed by atoms with Gasteiger partial charge in [-0.2, -0.15) is 4.98 Å². The first-order valence-electron chi connectivity index (χ1n) is 7.62. The summed E-state index contributed by atoms with van der Waals surface area (Å²) in [5, 5.41) is 8.76. The van der Waals surface area contributed by atoms with E-state index in [9.17, 15) is 9.59 Å². The number of fused-ring (bicyclic) bond motifs is 1. The molecule has 23 heavy (non-hydrogen) atoms. The number of hydrogen-bond donors (Lipinski definition) is 2. The first kappa shape index (κ1) is 15.3. The summed E-state index contributed by atoms with van der Waals surface area (Å²) in [7, 11) is 0. The minimum Gasteiger partial charge on any atom is -0.479 e. The molecule has 0 aliphatic heterocycles. The van der Waals surface area contributed by atoms with Gasteiger partial charge >= 0.3 is 12.0 Å². The van der Waals surface area contributed by atoms with Crippen LogP contribution in [-0.2, 0) is 11.3 Å². The highest BCUT2D eigenvalue weighted by Gasteiger charge is 2.20. The molecule has 0 aromatic carbocycles. The number of aromatic amines is 1. The zero-order valence-electron chi connectivity index (χ0n) is 12.8. The maximum absolute atomic E-state index is 12.6. The lowest BCUT2D eigenvalue weighted by Crippen LogP contribution is -2.25. The number of ether oxygens (including phenoxy) is 1. The average Bonchev–Trinajstić information content (AvgIpc) is 3.17. The normalized spacial score (nSPS) is 17.0. The molecular weight excluding hydrogens is 300 g/mol. The smallest absolute Gasteiger partial charge is 0.341 e. The molecule has 1 aliphatic carbocycles. The highest BCUT2D eigenvalue weighted by molar-refractivity contribution is 5.70. The van der Waals surface area contributed by atoms with Gasteiger partial charge in [0.25, 0.3) is 5.56 Å². The van der Waals surface area contributed by atoms with Crippen LogP contribution < -0.4 is 10.3 Å². The molecule has 8 nitrogen and oxygen atoms in total. The predicted octanol–water partition coefficient (Wildman–Crippen LogP) is 1.43. The van der Waals surface area contributed by atoms with E-state index in [-0.39, 0.29) is 23.1 Å². The quantitative estimate of drug-likeness (QED) is 0.780. The van der Waals surface area contributed by atoms with Crippen LogP contribution in [0.1, 0.15) is 37.9 Å². The summed E-state index contributed by atoms with van der Waals surface area (Å²) in [6.07, 6.45) is 6.78. The Morgan fingerprint density at radius 1 is 1.52 bits per heavy atom. The van der Waals surface area contributed by atoms with E-state index in [1.165, 1.54) is 4.57 Å². The molecule has 2 aromatic heterocycles. The number of aromatic nitrogens is 4. The first-order valence-corrected chi connectivity index (χ1v) is 7.62. The van der Waals surface area contributed by atoms with Crippen LogP contribution in [0, 0.1) is 0 Å². The highest BCUT2D eigenvalue weighted by atomic mass is 16.5. The Bertz CT molecular complexity index is 821. The second kappa shape index (κ2) is 6.23. The van der Waals surface area contributed by atoms with Crippen LogP contribution in [0.5, 0.6) is 6.01 Å². The molecule has 2 heterocycles. The molecule has 0 radical (unpaired) electrons. The summed E-state index contributed by atoms with van der Waals surface area (Å²) in [5.74, 6) is -0.260. The molecule has 2 aromatic rings. The van der Waals surface area contributed by atoms with E-state index in [0.717, 1.165) is 12.8 Å². The molecule has 0 saturated carbocycles. The SMILES string of the molecule is CCCn1c(OCC(=O)O)nc2nc(C3C=CCC3)[nH]c2c1=O. The summed E-state index contributed by atoms with van der Waals surface area (Å²) in [4.78, 5) is 35.0. The van der Waals surface area contributed by atoms with Gasteiger partial charge in [-0.3, -0.25) is 9.36 Å². The van der Waals surface area contributed by atoms with Crippen LogP contribution in [-0.4, -0.2) is 37.2 Å². The van der Waals surface area contributed by atoms with Crippen molar-refractivity contribution in [3.05, 3.63) is 28.3 Å². The Labute approximate surface area is 131 Å². The van der Waals surface area contributed by atoms with Crippen molar-refractivity contribution in [2.24, 2.45) is 0 Å². The standard InChI is InChI=1S/C15H18N4O4/c1-2-7-19-14(22)11-13(18-15(19)23-8-10(20)21)17-12(16-11)9-5-3-4-6-9/h3,5,9H,2,4,6-8H2,1H3,(H,16,17)(H,20,21). The van der Waals surface area contributed by atoms with E-state index in [4.69, 9.17) is 9.84 Å². The van der Waals surface area contributed by atoms with Gasteiger partial charge in [0.15, 0.2) is 17.8 Å². The number of rotatable bonds is 6. The second-order valence-electron chi connectivity index (χ2n) is 5.47. The maximum atomic E-state index is 12.6. The number of carboxylic acid groups (broad SMARTS) is 1. The van der Waals surface area contributed by atoms with Crippen LogP contribution in [0.2, 0.25) is 0 Å². The molecule has 2 N–H and O–H groups in total. The van der Waals surface area contributed by atoms with Gasteiger partial charge in [-0.25, -0.2) is 9.78 Å². The van der Waals surface area contributed by atoms with Gasteiger partial charge in [-0.05, 0) is 19.3 Å². The van der Waals surface area contributed by atoms with Crippen LogP contribution in [0.3, 0.4) is 0 Å². The molecule has 0 bridgehead atoms. The average molecular weight is 318 g/mol. The molecule has 122 valence electrons. The van der Waals surface area contributed by atoms with Crippen molar-refractivity contribution in [1.82, 2.24) is 19.5 Å². The minimum absolute atomic E-state index is 0.00763. The van der Waals surface area contributed by atoms with Gasteiger partial charge in [-0.1, -0.05) is 19.1 Å². The number of nitrogens with zero attached hydrogens (tertiary/aromatic N) is 3. The lowest BCUT2D eigenvalue weighted by atomic mass is 10.1. The van der Waals surface area contributed by atoms with Crippen LogP contribution in [0.25, 0.3) is 11.2 Å². The van der Waals surface area contributed by atoms with Crippen molar-refractivity contribution in [2.75, 3.05) is 6.61 Å². The lowest BCUT2D eigenvalue weighted by Gasteiger charge is -2.10. The minimum atomic E-state index is -1.12. The first-order chi connectivity index (χ1) is 11.1. The van der Waals surface area contributed by atoms with Crippen molar-refractivity contribution in [3.8, 4) is 6.01 Å². The number of imidazole rings is 1. The number of carbonyl (C=O) groups is 1. The van der Waals surface area contributed by atoms with Crippen molar-refractivity contribution in [3.63, 3.8) is 0 Å². The third kappa shape index (κ3) is 2.96. The maximum Gasteiger partial charge on any atom is 0.341 e. The zero-order valence-corrected chi connectivity index (χ0v) is 12.8. The van der Waals surface area contributed by atoms with Crippen molar-refractivity contribution >= 4 is 17.1 Å². The van der Waals surface area contributed by atoms with E-state index >= 15 is 0 Å². The van der Waals surface area contributed by atoms with Crippen LogP contribution >= 0.6 is 0 Å². The molecule has 0 amide bonds. The Morgan fingerprint density at radius 3 is 3.00 bits per heavy atom. The summed E-state index contributed by atoms with van der Waals surface area (Å²) in [6.45, 7) is 1.76. The van der Waals surface area contributed by atoms with Crippen molar-refractivity contribution < 1.29 is 14.6 Å². The number of carboxylic acids is 1. The number of hydrogen-bond acceptors (Lipinski definition) is 5. The van der Waals surface area contributed by atoms with E-state index < -0.39 is 12.6 Å². The Hall–Kier alpha value is -2.64. The van der Waals surface area contributed by atoms with E-state index in [2.05, 4.69) is 27.1 Å². The third-order valence-corrected chi connectivity index (χ3v) is 3.73. The number of allylic oxidation sites excluding steroid dienone is 2. The van der Waals surface area contributed by atoms with Gasteiger partial charge < -0.3 is 14.8 Å². The Morgan fingerprint density at radius 2 is 2.35 bits per heavy atom. The molecule has 0 saturated heterocycles. The van der Waals surface area contributed by atoms with Gasteiger partial charge in [0.2, 0.25) is 0 Å². The summed E-state index contributed by atoms with van der Waals surface area (Å²) < 4.78 is 6.50. The fourth-order valence-electron chi connectivity index (χ4n) is 2.68. The van der Waals surface area contributed by atoms with E-state index in [0.29, 0.717) is 24.3 Å². The predicted molar refractivity (Wildman–Crippen MR) is 82.7 cm³/mol. The van der Waals surface area contributed by atoms with Crippen LogP contribution in [0.15, 0.2) is 16.9 Å². The molecule has 1 atom stereocenters. The molecule has 0 spiro atoms. The molecule has 0 fully saturated rings. The van der Waals surface area contributed by atoms with Gasteiger partial charge in [0.05, 0.1) is 0 Å². The van der Waals surface area contributed by atoms with Gasteiger partial charge in [0.1, 0.15) is 5.82 Å². The van der Waals surface area contributed by atoms with Crippen molar-refractivity contribution in [2.45, 2.75) is 38.6 Å². The molecule has 1 unspecified atom stereocenters. The Balaban J connectivity index is 2.07. The zero-order chi connectivity index (χ0) is 16.4. The molecule has 8 heteroatoms. The number of nitrogens with one attached hydrogen (secondary N) is 1. The highest BCUT2D eigenvalue weighted by Crippen LogP contribution is 2.27. The van der Waals surface area contributed by atoms with E-state index in [1.54, 1.807) is 0 Å². The summed E-state index contributed by atoms with van der Waals surface area (Å²) in [6, 6.07) is -0.00763. The topological polar surface area (TPSA) is 110 Å². The fraction of sp³-hybridized carbons (Fsp3) is 0.467. The summed E-state index contributed by atoms with van der Waals surface area (Å²) in [5.41, 5.74) is 0.299. The van der Waals surface area contributed by atoms with Gasteiger partial charge in [-0.15, -0.1) is 0 Å². The molecule has 1 aliphatic rings. The molecular formula is C15H18N4O4. The largest absolute Gasteiger partial charge is 0.479 e. The van der Waals surface area contributed by atoms with Gasteiger partial charge in [0, 0.05) is 12.5 Å².